The van der Waals surface area contributed by atoms with Crippen LogP contribution in [0.2, 0.25) is 0 Å². The zero-order valence-corrected chi connectivity index (χ0v) is 14.9. The average Bonchev–Trinajstić information content (AvgIpc) is 2.92. The summed E-state index contributed by atoms with van der Waals surface area (Å²) >= 11 is 2.00. The van der Waals surface area contributed by atoms with Gasteiger partial charge >= 0.3 is 31.2 Å². The normalized spacial score (nSPS) is 11.3. The molecule has 0 saturated carbocycles. The molecular weight excluding hydrogens is 311 g/mol. The van der Waals surface area contributed by atoms with Crippen LogP contribution in [0.15, 0.2) is 42.5 Å². The molecule has 19 heavy (non-hydrogen) atoms. The van der Waals surface area contributed by atoms with Gasteiger partial charge in [0.05, 0.1) is 0 Å². The van der Waals surface area contributed by atoms with Crippen molar-refractivity contribution < 1.29 is 44.8 Å². The minimum Gasteiger partial charge on any atom is -1.00 e. The summed E-state index contributed by atoms with van der Waals surface area (Å²) in [4.78, 5) is 0. The van der Waals surface area contributed by atoms with E-state index < -0.39 is 0 Å². The summed E-state index contributed by atoms with van der Waals surface area (Å²) in [5, 5.41) is 0. The topological polar surface area (TPSA) is 0 Å². The molecule has 0 nitrogen and oxygen atoms in total. The molecule has 106 valence electrons. The molecule has 1 aromatic carbocycles. The summed E-state index contributed by atoms with van der Waals surface area (Å²) in [6.45, 7) is 9.97. The van der Waals surface area contributed by atoms with Crippen molar-refractivity contribution in [2.45, 2.75) is 27.2 Å². The van der Waals surface area contributed by atoms with Crippen LogP contribution in [0.3, 0.4) is 0 Å². The van der Waals surface area contributed by atoms with E-state index in [1.807, 2.05) is 31.2 Å². The number of allylic oxidation sites excluding steroid dienone is 4. The van der Waals surface area contributed by atoms with E-state index in [2.05, 4.69) is 63.3 Å². The molecule has 0 atom stereocenters. The maximum atomic E-state index is 3.77. The van der Waals surface area contributed by atoms with Gasteiger partial charge in [0.1, 0.15) is 0 Å². The fraction of sp³-hybridized carbons (Fsp3) is 0.312. The largest absolute Gasteiger partial charge is 1.00 e. The second-order valence-electron chi connectivity index (χ2n) is 3.98. The van der Waals surface area contributed by atoms with Crippen LogP contribution in [0.1, 0.15) is 24.5 Å². The van der Waals surface area contributed by atoms with E-state index in [-0.39, 0.29) is 24.8 Å². The van der Waals surface area contributed by atoms with Crippen LogP contribution >= 0.6 is 0 Å². The Morgan fingerprint density at radius 2 is 1.79 bits per heavy atom. The van der Waals surface area contributed by atoms with Crippen molar-refractivity contribution in [3.05, 3.63) is 60.6 Å². The summed E-state index contributed by atoms with van der Waals surface area (Å²) in [6, 6.07) is 6.41. The molecule has 0 radical (unpaired) electrons. The second-order valence-corrected chi connectivity index (χ2v) is 4.88. The van der Waals surface area contributed by atoms with Crippen LogP contribution in [-0.4, -0.2) is 4.31 Å². The SMILES string of the molecule is C[CH]=[Ti+2].Cc1cc[c-](C)c1.[CH2-]CC1C=CC=C1.[Cl-].[Cl-]. The first-order chi connectivity index (χ1) is 8.13. The zero-order chi connectivity index (χ0) is 13.1. The van der Waals surface area contributed by atoms with Crippen LogP contribution in [0, 0.1) is 26.7 Å². The van der Waals surface area contributed by atoms with Gasteiger partial charge in [-0.1, -0.05) is 38.2 Å². The van der Waals surface area contributed by atoms with E-state index >= 15 is 0 Å². The van der Waals surface area contributed by atoms with Crippen molar-refractivity contribution in [1.82, 2.24) is 0 Å². The molecule has 0 amide bonds. The summed E-state index contributed by atoms with van der Waals surface area (Å²) in [7, 11) is 0. The zero-order valence-electron chi connectivity index (χ0n) is 11.9. The summed E-state index contributed by atoms with van der Waals surface area (Å²) in [5.74, 6) is 0.625. The van der Waals surface area contributed by atoms with Crippen LogP contribution in [-0.2, 0) is 20.0 Å². The number of hydrogen-bond donors (Lipinski definition) is 0. The van der Waals surface area contributed by atoms with Gasteiger partial charge in [0.2, 0.25) is 0 Å². The summed E-state index contributed by atoms with van der Waals surface area (Å²) in [5.41, 5.74) is 2.72. The van der Waals surface area contributed by atoms with E-state index in [0.717, 1.165) is 6.42 Å². The Morgan fingerprint density at radius 3 is 1.95 bits per heavy atom. The van der Waals surface area contributed by atoms with Gasteiger partial charge in [0.25, 0.3) is 0 Å². The Balaban J connectivity index is -0.000000207. The fourth-order valence-electron chi connectivity index (χ4n) is 1.39. The van der Waals surface area contributed by atoms with Crippen molar-refractivity contribution in [3.63, 3.8) is 0 Å². The van der Waals surface area contributed by atoms with Gasteiger partial charge in [0.15, 0.2) is 0 Å². The quantitative estimate of drug-likeness (QED) is 0.426. The molecule has 0 spiro atoms. The Morgan fingerprint density at radius 1 is 1.32 bits per heavy atom. The minimum absolute atomic E-state index is 0. The maximum Gasteiger partial charge on any atom is -0.0319 e. The molecular formula is C16H22Cl2Ti-2. The molecule has 0 heterocycles. The van der Waals surface area contributed by atoms with E-state index in [4.69, 9.17) is 0 Å². The van der Waals surface area contributed by atoms with E-state index in [1.54, 1.807) is 0 Å². The summed E-state index contributed by atoms with van der Waals surface area (Å²) < 4.78 is 2.00. The third-order valence-electron chi connectivity index (χ3n) is 2.23. The Bertz CT molecular complexity index is 336. The van der Waals surface area contributed by atoms with E-state index in [1.165, 1.54) is 11.1 Å². The third-order valence-corrected chi connectivity index (χ3v) is 2.23. The van der Waals surface area contributed by atoms with Gasteiger partial charge < -0.3 is 31.7 Å². The monoisotopic (exact) mass is 332 g/mol. The number of hydrogen-bond acceptors (Lipinski definition) is 0. The molecule has 1 aliphatic carbocycles. The minimum atomic E-state index is 0. The van der Waals surface area contributed by atoms with E-state index in [9.17, 15) is 0 Å². The number of rotatable bonds is 1. The molecule has 0 N–H and O–H groups in total. The standard InChI is InChI=1S/2C7H9.C2H4.2ClH.Ti/c1-6-3-4-7(2)5-6;1-2-7-5-3-4-6-7;1-2;;;/h3-5H,1-2H3;3-7H,1-2H2;1H,2H3;2*1H;/q2*-1;;;;+2/p-2. The van der Waals surface area contributed by atoms with E-state index in [0.29, 0.717) is 5.92 Å². The first kappa shape index (κ1) is 24.0. The molecule has 0 fully saturated rings. The van der Waals surface area contributed by atoms with Crippen molar-refractivity contribution >= 4 is 4.31 Å². The Hall–Kier alpha value is -0.00571. The first-order valence-electron chi connectivity index (χ1n) is 5.93. The van der Waals surface area contributed by atoms with Gasteiger partial charge in [0, 0.05) is 0 Å². The first-order valence-corrected chi connectivity index (χ1v) is 6.83. The average molecular weight is 333 g/mol. The van der Waals surface area contributed by atoms with Crippen molar-refractivity contribution in [1.29, 1.82) is 0 Å². The smallest absolute Gasteiger partial charge is 0.0319 e. The molecule has 2 rings (SSSR count). The summed E-state index contributed by atoms with van der Waals surface area (Å²) in [6.07, 6.45) is 9.44. The molecule has 0 aromatic heterocycles. The van der Waals surface area contributed by atoms with Gasteiger partial charge in [-0.3, -0.25) is 0 Å². The van der Waals surface area contributed by atoms with Crippen LogP contribution in [0.4, 0.5) is 0 Å². The molecule has 0 aliphatic heterocycles. The predicted octanol–water partition coefficient (Wildman–Crippen LogP) is -1.66. The molecule has 3 heteroatoms. The van der Waals surface area contributed by atoms with Crippen molar-refractivity contribution in [2.75, 3.05) is 0 Å². The van der Waals surface area contributed by atoms with Crippen LogP contribution in [0.5, 0.6) is 0 Å². The van der Waals surface area contributed by atoms with Crippen molar-refractivity contribution in [2.24, 2.45) is 5.92 Å². The number of aryl methyl sites for hydroxylation is 2. The molecule has 0 saturated heterocycles. The third kappa shape index (κ3) is 14.2. The van der Waals surface area contributed by atoms with Gasteiger partial charge in [-0.2, -0.15) is 24.1 Å². The molecule has 0 bridgehead atoms. The van der Waals surface area contributed by atoms with Gasteiger partial charge in [-0.15, -0.1) is 0 Å². The van der Waals surface area contributed by atoms with Gasteiger partial charge in [-0.05, 0) is 5.92 Å². The maximum absolute atomic E-state index is 3.77. The molecule has 1 aliphatic rings. The molecule has 0 unspecified atom stereocenters. The molecule has 1 aromatic rings. The fourth-order valence-corrected chi connectivity index (χ4v) is 1.39. The van der Waals surface area contributed by atoms with Crippen molar-refractivity contribution in [3.8, 4) is 0 Å². The predicted molar refractivity (Wildman–Crippen MR) is 75.0 cm³/mol. The second kappa shape index (κ2) is 16.0. The Labute approximate surface area is 142 Å². The number of halogens is 2. The van der Waals surface area contributed by atoms with Crippen LogP contribution < -0.4 is 24.8 Å². The van der Waals surface area contributed by atoms with Crippen LogP contribution in [0.25, 0.3) is 0 Å². The van der Waals surface area contributed by atoms with Gasteiger partial charge in [-0.25, -0.2) is 11.6 Å². The Kier molecular flexibility index (Phi) is 20.3.